The average Bonchev–Trinajstić information content (AvgIpc) is 3.24. The van der Waals surface area contributed by atoms with Gasteiger partial charge in [-0.2, -0.15) is 23.4 Å². The van der Waals surface area contributed by atoms with E-state index in [0.717, 1.165) is 25.0 Å². The van der Waals surface area contributed by atoms with Gasteiger partial charge in [0.1, 0.15) is 0 Å². The predicted octanol–water partition coefficient (Wildman–Crippen LogP) is 4.36. The first kappa shape index (κ1) is 18.3. The Bertz CT molecular complexity index is 781. The molecule has 138 valence electrons. The van der Waals surface area contributed by atoms with Gasteiger partial charge in [0.2, 0.25) is 0 Å². The van der Waals surface area contributed by atoms with E-state index in [-0.39, 0.29) is 17.8 Å². The minimum absolute atomic E-state index is 0.0354. The molecule has 0 radical (unpaired) electrons. The van der Waals surface area contributed by atoms with Crippen molar-refractivity contribution in [3.63, 3.8) is 0 Å². The highest BCUT2D eigenvalue weighted by Crippen LogP contribution is 2.39. The van der Waals surface area contributed by atoms with Gasteiger partial charge in [-0.3, -0.25) is 4.79 Å². The number of hydrogen-bond donors (Lipinski definition) is 1. The number of rotatable bonds is 3. The molecule has 0 spiro atoms. The second-order valence-electron chi connectivity index (χ2n) is 6.61. The molecular weight excluding hydrogens is 349 g/mol. The van der Waals surface area contributed by atoms with Crippen LogP contribution in [-0.2, 0) is 15.7 Å². The van der Waals surface area contributed by atoms with Crippen LogP contribution in [0, 0.1) is 6.57 Å². The maximum absolute atomic E-state index is 13.0. The largest absolute Gasteiger partial charge is 0.407 e. The Kier molecular flexibility index (Phi) is 4.71. The highest BCUT2D eigenvalue weighted by Gasteiger charge is 2.44. The van der Waals surface area contributed by atoms with Crippen LogP contribution in [0.1, 0.15) is 31.7 Å². The third-order valence-electron chi connectivity index (χ3n) is 4.60. The van der Waals surface area contributed by atoms with E-state index in [1.807, 2.05) is 0 Å². The molecule has 0 bridgehead atoms. The topological polar surface area (TPSA) is 67.4 Å². The third kappa shape index (κ3) is 3.55. The summed E-state index contributed by atoms with van der Waals surface area (Å²) in [6.07, 6.45) is -2.61. The van der Waals surface area contributed by atoms with Gasteiger partial charge in [-0.1, -0.05) is 6.07 Å². The van der Waals surface area contributed by atoms with Crippen LogP contribution in [0.3, 0.4) is 0 Å². The zero-order chi connectivity index (χ0) is 18.9. The number of benzene rings is 1. The number of nitrogens with zero attached hydrogens (tertiary/aromatic N) is 3. The van der Waals surface area contributed by atoms with Gasteiger partial charge in [-0.05, 0) is 31.9 Å². The number of hydrogen-bond acceptors (Lipinski definition) is 4. The number of anilines is 1. The van der Waals surface area contributed by atoms with Crippen LogP contribution < -0.4 is 5.32 Å². The van der Waals surface area contributed by atoms with E-state index < -0.39 is 28.9 Å². The van der Waals surface area contributed by atoms with E-state index in [9.17, 15) is 18.0 Å². The van der Waals surface area contributed by atoms with Crippen LogP contribution in [0.5, 0.6) is 0 Å². The maximum Gasteiger partial charge on any atom is 0.407 e. The van der Waals surface area contributed by atoms with Crippen LogP contribution in [-0.4, -0.2) is 30.2 Å². The molecule has 2 aliphatic heterocycles. The minimum atomic E-state index is -4.68. The molecule has 3 atom stereocenters. The first-order valence-electron chi connectivity index (χ1n) is 8.17. The Morgan fingerprint density at radius 3 is 2.85 bits per heavy atom. The summed E-state index contributed by atoms with van der Waals surface area (Å²) in [5.41, 5.74) is -2.79. The monoisotopic (exact) mass is 366 g/mol. The molecule has 0 saturated carbocycles. The average molecular weight is 366 g/mol. The van der Waals surface area contributed by atoms with Gasteiger partial charge in [0, 0.05) is 18.7 Å². The zero-order valence-electron chi connectivity index (χ0n) is 14.0. The molecule has 3 rings (SSSR count). The van der Waals surface area contributed by atoms with E-state index >= 15 is 0 Å². The van der Waals surface area contributed by atoms with Crippen LogP contribution in [0.2, 0.25) is 0 Å². The highest BCUT2D eigenvalue weighted by molar-refractivity contribution is 5.98. The van der Waals surface area contributed by atoms with Crippen molar-refractivity contribution in [3.05, 3.63) is 35.2 Å². The van der Waals surface area contributed by atoms with Crippen molar-refractivity contribution in [1.82, 2.24) is 0 Å². The van der Waals surface area contributed by atoms with Gasteiger partial charge in [0.05, 0.1) is 24.3 Å². The van der Waals surface area contributed by atoms with Gasteiger partial charge < -0.3 is 10.1 Å². The molecule has 1 N–H and O–H groups in total. The molecule has 1 fully saturated rings. The first-order valence-corrected chi connectivity index (χ1v) is 8.17. The summed E-state index contributed by atoms with van der Waals surface area (Å²) in [5.74, 6) is -0.537. The Balaban J connectivity index is 1.74. The molecule has 1 aromatic rings. The van der Waals surface area contributed by atoms with Gasteiger partial charge in [0.15, 0.2) is 11.2 Å². The van der Waals surface area contributed by atoms with Crippen molar-refractivity contribution in [2.45, 2.75) is 50.0 Å². The molecule has 0 aromatic heterocycles. The van der Waals surface area contributed by atoms with Crippen molar-refractivity contribution in [3.8, 4) is 0 Å². The summed E-state index contributed by atoms with van der Waals surface area (Å²) in [6, 6.07) is 2.86. The number of halogens is 3. The van der Waals surface area contributed by atoms with Gasteiger partial charge in [-0.15, -0.1) is 0 Å². The van der Waals surface area contributed by atoms with E-state index in [2.05, 4.69) is 20.4 Å². The first-order chi connectivity index (χ1) is 12.2. The number of ether oxygens (including phenoxy) is 1. The Hall–Kier alpha value is -2.47. The Morgan fingerprint density at radius 1 is 1.46 bits per heavy atom. The standard InChI is InChI=1S/C17H17F3N4O2/c1-16(9-13(23-24-16)14-4-3-7-26-14)15(25)22-10-5-6-12(21-2)11(8-10)17(18,19)20/h5-6,8,13-14H,3-4,7,9H2,1H3,(H,22,25). The normalized spacial score (nSPS) is 28.1. The van der Waals surface area contributed by atoms with E-state index in [1.54, 1.807) is 6.92 Å². The fraction of sp³-hybridized carbons (Fsp3) is 0.529. The number of nitrogens with one attached hydrogen (secondary N) is 1. The fourth-order valence-electron chi connectivity index (χ4n) is 3.14. The smallest absolute Gasteiger partial charge is 0.376 e. The molecule has 2 heterocycles. The molecule has 9 heteroatoms. The fourth-order valence-corrected chi connectivity index (χ4v) is 3.14. The maximum atomic E-state index is 13.0. The minimum Gasteiger partial charge on any atom is -0.376 e. The van der Waals surface area contributed by atoms with Crippen LogP contribution in [0.4, 0.5) is 24.5 Å². The van der Waals surface area contributed by atoms with Crippen molar-refractivity contribution < 1.29 is 22.7 Å². The molecule has 0 aliphatic carbocycles. The molecule has 3 unspecified atom stereocenters. The van der Waals surface area contributed by atoms with Gasteiger partial charge >= 0.3 is 6.18 Å². The van der Waals surface area contributed by atoms with Crippen LogP contribution >= 0.6 is 0 Å². The van der Waals surface area contributed by atoms with Gasteiger partial charge in [-0.25, -0.2) is 4.85 Å². The van der Waals surface area contributed by atoms with Crippen LogP contribution in [0.25, 0.3) is 4.85 Å². The summed E-state index contributed by atoms with van der Waals surface area (Å²) in [4.78, 5) is 15.4. The molecule has 26 heavy (non-hydrogen) atoms. The van der Waals surface area contributed by atoms with Gasteiger partial charge in [0.25, 0.3) is 5.91 Å². The van der Waals surface area contributed by atoms with Crippen molar-refractivity contribution in [2.75, 3.05) is 11.9 Å². The summed E-state index contributed by atoms with van der Waals surface area (Å²) < 4.78 is 44.7. The van der Waals surface area contributed by atoms with Crippen molar-refractivity contribution >= 4 is 17.3 Å². The second-order valence-corrected chi connectivity index (χ2v) is 6.61. The lowest BCUT2D eigenvalue weighted by Crippen LogP contribution is -2.39. The molecule has 1 amide bonds. The summed E-state index contributed by atoms with van der Waals surface area (Å²) in [5, 5.41) is 10.7. The van der Waals surface area contributed by atoms with Crippen LogP contribution in [0.15, 0.2) is 28.4 Å². The number of carbonyl (C=O) groups excluding carboxylic acids is 1. The molecule has 6 nitrogen and oxygen atoms in total. The predicted molar refractivity (Wildman–Crippen MR) is 87.0 cm³/mol. The number of amides is 1. The Labute approximate surface area is 148 Å². The molecule has 2 aliphatic rings. The van der Waals surface area contributed by atoms with Crippen molar-refractivity contribution in [1.29, 1.82) is 0 Å². The van der Waals surface area contributed by atoms with E-state index in [0.29, 0.717) is 13.0 Å². The molecular formula is C17H17F3N4O2. The lowest BCUT2D eigenvalue weighted by molar-refractivity contribution is -0.136. The summed E-state index contributed by atoms with van der Waals surface area (Å²) in [7, 11) is 0. The zero-order valence-corrected chi connectivity index (χ0v) is 14.0. The third-order valence-corrected chi connectivity index (χ3v) is 4.60. The second kappa shape index (κ2) is 6.68. The van der Waals surface area contributed by atoms with E-state index in [4.69, 9.17) is 11.3 Å². The highest BCUT2D eigenvalue weighted by atomic mass is 19.4. The number of alkyl halides is 3. The molecule has 1 aromatic carbocycles. The summed E-state index contributed by atoms with van der Waals surface area (Å²) in [6.45, 7) is 9.10. The van der Waals surface area contributed by atoms with E-state index in [1.165, 1.54) is 6.07 Å². The summed E-state index contributed by atoms with van der Waals surface area (Å²) >= 11 is 0. The lowest BCUT2D eigenvalue weighted by atomic mass is 9.91. The number of azo groups is 1. The molecule has 1 saturated heterocycles. The Morgan fingerprint density at radius 2 is 2.23 bits per heavy atom. The number of carbonyl (C=O) groups is 1. The van der Waals surface area contributed by atoms with Crippen molar-refractivity contribution in [2.24, 2.45) is 10.2 Å². The SMILES string of the molecule is [C-]#[N+]c1ccc(NC(=O)C2(C)CC(C3CCCO3)N=N2)cc1C(F)(F)F. The quantitative estimate of drug-likeness (QED) is 0.808. The lowest BCUT2D eigenvalue weighted by Gasteiger charge is -2.21.